The molecule has 0 unspecified atom stereocenters. The standard InChI is InChI=1S/C19H16Cl2N4O4S/c1-10(26)29-17-15(27-2)6-11(7-16(17)28-3)9-22-25-18(23-24-19(25)30)13-5-4-12(20)8-14(13)21/h4-9H,1-3H3,(H,24,30)/b22-9-. The molecule has 3 rings (SSSR count). The van der Waals surface area contributed by atoms with Crippen LogP contribution in [0.1, 0.15) is 12.5 Å². The van der Waals surface area contributed by atoms with Crippen molar-refractivity contribution in [3.8, 4) is 28.6 Å². The molecule has 0 aliphatic rings. The van der Waals surface area contributed by atoms with Crippen LogP contribution in [0.5, 0.6) is 17.2 Å². The van der Waals surface area contributed by atoms with Crippen LogP contribution >= 0.6 is 35.4 Å². The van der Waals surface area contributed by atoms with Gasteiger partial charge in [-0.2, -0.15) is 14.9 Å². The predicted molar refractivity (Wildman–Crippen MR) is 117 cm³/mol. The molecule has 0 aliphatic carbocycles. The number of carbonyl (C=O) groups excluding carboxylic acids is 1. The summed E-state index contributed by atoms with van der Waals surface area (Å²) in [5, 5.41) is 12.2. The largest absolute Gasteiger partial charge is 0.493 e. The maximum atomic E-state index is 11.4. The van der Waals surface area contributed by atoms with Crippen molar-refractivity contribution in [3.05, 3.63) is 50.7 Å². The molecule has 8 nitrogen and oxygen atoms in total. The SMILES string of the molecule is COc1cc(/C=N\n2c(-c3ccc(Cl)cc3Cl)n[nH]c2=S)cc(OC)c1OC(C)=O. The van der Waals surface area contributed by atoms with Crippen molar-refractivity contribution in [2.75, 3.05) is 14.2 Å². The highest BCUT2D eigenvalue weighted by molar-refractivity contribution is 7.71. The van der Waals surface area contributed by atoms with Crippen molar-refractivity contribution in [1.29, 1.82) is 0 Å². The molecule has 0 aliphatic heterocycles. The molecule has 0 amide bonds. The van der Waals surface area contributed by atoms with Gasteiger partial charge in [0, 0.05) is 23.1 Å². The molecule has 0 atom stereocenters. The lowest BCUT2D eigenvalue weighted by Gasteiger charge is -2.13. The number of benzene rings is 2. The zero-order valence-electron chi connectivity index (χ0n) is 16.1. The number of esters is 1. The third-order valence-corrected chi connectivity index (χ3v) is 4.69. The number of nitrogens with zero attached hydrogens (tertiary/aromatic N) is 3. The minimum Gasteiger partial charge on any atom is -0.493 e. The van der Waals surface area contributed by atoms with Crippen LogP contribution in [0.2, 0.25) is 10.0 Å². The van der Waals surface area contributed by atoms with E-state index in [9.17, 15) is 4.79 Å². The lowest BCUT2D eigenvalue weighted by molar-refractivity contribution is -0.132. The van der Waals surface area contributed by atoms with E-state index in [4.69, 9.17) is 49.6 Å². The number of hydrogen-bond acceptors (Lipinski definition) is 7. The molecule has 3 aromatic rings. The number of H-pyrrole nitrogens is 1. The highest BCUT2D eigenvalue weighted by atomic mass is 35.5. The molecule has 30 heavy (non-hydrogen) atoms. The monoisotopic (exact) mass is 466 g/mol. The van der Waals surface area contributed by atoms with Crippen LogP contribution in [0.3, 0.4) is 0 Å². The van der Waals surface area contributed by atoms with E-state index in [1.807, 2.05) is 0 Å². The minimum atomic E-state index is -0.498. The first-order valence-corrected chi connectivity index (χ1v) is 9.62. The molecule has 1 N–H and O–H groups in total. The number of carbonyl (C=O) groups is 1. The smallest absolute Gasteiger partial charge is 0.308 e. The van der Waals surface area contributed by atoms with Crippen molar-refractivity contribution in [3.63, 3.8) is 0 Å². The molecule has 0 bridgehead atoms. The number of halogens is 2. The third-order valence-electron chi connectivity index (χ3n) is 3.87. The zero-order valence-corrected chi connectivity index (χ0v) is 18.4. The molecule has 11 heteroatoms. The first-order chi connectivity index (χ1) is 14.3. The van der Waals surface area contributed by atoms with Crippen LogP contribution in [0.4, 0.5) is 0 Å². The van der Waals surface area contributed by atoms with Gasteiger partial charge in [0.1, 0.15) is 0 Å². The molecule has 1 aromatic heterocycles. The fourth-order valence-corrected chi connectivity index (χ4v) is 3.26. The quantitative estimate of drug-likeness (QED) is 0.244. The van der Waals surface area contributed by atoms with E-state index in [0.717, 1.165) is 0 Å². The van der Waals surface area contributed by atoms with Crippen molar-refractivity contribution < 1.29 is 19.0 Å². The Morgan fingerprint density at radius 3 is 2.43 bits per heavy atom. The number of ether oxygens (including phenoxy) is 3. The van der Waals surface area contributed by atoms with Gasteiger partial charge in [0.05, 0.1) is 25.5 Å². The fourth-order valence-electron chi connectivity index (χ4n) is 2.59. The van der Waals surface area contributed by atoms with E-state index < -0.39 is 5.97 Å². The summed E-state index contributed by atoms with van der Waals surface area (Å²) in [5.74, 6) is 0.708. The third kappa shape index (κ3) is 4.64. The van der Waals surface area contributed by atoms with Crippen LogP contribution in [0.25, 0.3) is 11.4 Å². The lowest BCUT2D eigenvalue weighted by Crippen LogP contribution is -2.05. The molecule has 0 saturated carbocycles. The average Bonchev–Trinajstić information content (AvgIpc) is 3.06. The summed E-state index contributed by atoms with van der Waals surface area (Å²) in [7, 11) is 2.91. The molecule has 0 spiro atoms. The van der Waals surface area contributed by atoms with Gasteiger partial charge in [-0.3, -0.25) is 4.79 Å². The van der Waals surface area contributed by atoms with E-state index >= 15 is 0 Å². The maximum Gasteiger partial charge on any atom is 0.308 e. The van der Waals surface area contributed by atoms with E-state index in [2.05, 4.69) is 15.3 Å². The minimum absolute atomic E-state index is 0.179. The number of nitrogens with one attached hydrogen (secondary N) is 1. The van der Waals surface area contributed by atoms with Gasteiger partial charge in [-0.15, -0.1) is 0 Å². The van der Waals surface area contributed by atoms with Gasteiger partial charge in [0.2, 0.25) is 10.5 Å². The number of rotatable bonds is 6. The Morgan fingerprint density at radius 1 is 1.20 bits per heavy atom. The van der Waals surface area contributed by atoms with E-state index in [1.165, 1.54) is 32.0 Å². The second-order valence-corrected chi connectivity index (χ2v) is 7.11. The molecule has 0 fully saturated rings. The Bertz CT molecular complexity index is 1160. The van der Waals surface area contributed by atoms with Crippen LogP contribution in [-0.2, 0) is 4.79 Å². The topological polar surface area (TPSA) is 90.7 Å². The Labute approximate surface area is 187 Å². The Morgan fingerprint density at radius 2 is 1.87 bits per heavy atom. The van der Waals surface area contributed by atoms with Crippen LogP contribution < -0.4 is 14.2 Å². The number of methoxy groups -OCH3 is 2. The van der Waals surface area contributed by atoms with Gasteiger partial charge in [-0.25, -0.2) is 5.10 Å². The van der Waals surface area contributed by atoms with Crippen molar-refractivity contribution in [2.45, 2.75) is 6.92 Å². The summed E-state index contributed by atoms with van der Waals surface area (Å²) in [6.45, 7) is 1.29. The molecular weight excluding hydrogens is 451 g/mol. The number of hydrogen-bond donors (Lipinski definition) is 1. The Kier molecular flexibility index (Phi) is 6.76. The fraction of sp³-hybridized carbons (Fsp3) is 0.158. The molecule has 0 radical (unpaired) electrons. The Balaban J connectivity index is 2.04. The second-order valence-electron chi connectivity index (χ2n) is 5.88. The molecule has 156 valence electrons. The molecule has 0 saturated heterocycles. The zero-order chi connectivity index (χ0) is 21.8. The van der Waals surface area contributed by atoms with Crippen LogP contribution in [-0.4, -0.2) is 41.3 Å². The van der Waals surface area contributed by atoms with Crippen molar-refractivity contribution in [2.24, 2.45) is 5.10 Å². The van der Waals surface area contributed by atoms with Crippen molar-refractivity contribution >= 4 is 47.6 Å². The van der Waals surface area contributed by atoms with Crippen LogP contribution in [0.15, 0.2) is 35.4 Å². The van der Waals surface area contributed by atoms with Gasteiger partial charge >= 0.3 is 5.97 Å². The summed E-state index contributed by atoms with van der Waals surface area (Å²) in [4.78, 5) is 11.4. The van der Waals surface area contributed by atoms with Crippen molar-refractivity contribution in [1.82, 2.24) is 14.9 Å². The first-order valence-electron chi connectivity index (χ1n) is 8.45. The summed E-state index contributed by atoms with van der Waals surface area (Å²) in [6.07, 6.45) is 1.53. The average molecular weight is 467 g/mol. The number of aromatic amines is 1. The van der Waals surface area contributed by atoms with Gasteiger partial charge in [0.25, 0.3) is 0 Å². The van der Waals surface area contributed by atoms with E-state index in [1.54, 1.807) is 30.3 Å². The summed E-state index contributed by atoms with van der Waals surface area (Å²) >= 11 is 17.5. The van der Waals surface area contributed by atoms with Gasteiger partial charge in [-0.05, 0) is 42.5 Å². The summed E-state index contributed by atoms with van der Waals surface area (Å²) in [6, 6.07) is 8.30. The second kappa shape index (κ2) is 9.29. The normalized spacial score (nSPS) is 11.0. The van der Waals surface area contributed by atoms with E-state index in [-0.39, 0.29) is 10.5 Å². The van der Waals surface area contributed by atoms with E-state index in [0.29, 0.717) is 38.5 Å². The predicted octanol–water partition coefficient (Wildman–Crippen LogP) is 4.74. The Hall–Kier alpha value is -2.88. The summed E-state index contributed by atoms with van der Waals surface area (Å²) < 4.78 is 17.5. The van der Waals surface area contributed by atoms with Gasteiger partial charge < -0.3 is 14.2 Å². The highest BCUT2D eigenvalue weighted by Crippen LogP contribution is 2.38. The van der Waals surface area contributed by atoms with Gasteiger partial charge in [0.15, 0.2) is 17.3 Å². The molecular formula is C19H16Cl2N4O4S. The molecule has 1 heterocycles. The lowest BCUT2D eigenvalue weighted by atomic mass is 10.2. The number of aromatic nitrogens is 3. The van der Waals surface area contributed by atoms with Crippen LogP contribution in [0, 0.1) is 4.77 Å². The molecule has 2 aromatic carbocycles. The van der Waals surface area contributed by atoms with Gasteiger partial charge in [-0.1, -0.05) is 23.2 Å². The first kappa shape index (κ1) is 21.8. The maximum absolute atomic E-state index is 11.4. The highest BCUT2D eigenvalue weighted by Gasteiger charge is 2.16. The summed E-state index contributed by atoms with van der Waals surface area (Å²) in [5.41, 5.74) is 1.21.